The van der Waals surface area contributed by atoms with Gasteiger partial charge in [0, 0.05) is 6.61 Å². The van der Waals surface area contributed by atoms with Gasteiger partial charge in [0.1, 0.15) is 6.10 Å². The SMILES string of the molecule is C(CCCCCOCC1CO1)CCCCCC1CCCC1. The third kappa shape index (κ3) is 9.52. The van der Waals surface area contributed by atoms with Gasteiger partial charge in [0.2, 0.25) is 0 Å². The number of hydrogen-bond donors (Lipinski definition) is 0. The van der Waals surface area contributed by atoms with Crippen molar-refractivity contribution in [1.82, 2.24) is 0 Å². The summed E-state index contributed by atoms with van der Waals surface area (Å²) in [5, 5.41) is 0. The Kier molecular flexibility index (Phi) is 9.45. The van der Waals surface area contributed by atoms with Crippen molar-refractivity contribution in [2.45, 2.75) is 96.0 Å². The van der Waals surface area contributed by atoms with Gasteiger partial charge in [0.05, 0.1) is 13.2 Å². The van der Waals surface area contributed by atoms with Crippen molar-refractivity contribution in [3.63, 3.8) is 0 Å². The smallest absolute Gasteiger partial charge is 0.104 e. The Morgan fingerprint density at radius 1 is 0.762 bits per heavy atom. The molecule has 0 aromatic carbocycles. The van der Waals surface area contributed by atoms with Gasteiger partial charge in [-0.3, -0.25) is 0 Å². The molecule has 1 aliphatic carbocycles. The Balaban J connectivity index is 1.20. The van der Waals surface area contributed by atoms with Crippen LogP contribution in [-0.4, -0.2) is 25.9 Å². The molecule has 2 nitrogen and oxygen atoms in total. The highest BCUT2D eigenvalue weighted by atomic mass is 16.6. The van der Waals surface area contributed by atoms with Gasteiger partial charge in [-0.05, 0) is 12.3 Å². The average Bonchev–Trinajstić information content (AvgIpc) is 3.17. The third-order valence-corrected chi connectivity index (χ3v) is 5.08. The maximum atomic E-state index is 5.55. The van der Waals surface area contributed by atoms with Crippen LogP contribution >= 0.6 is 0 Å². The van der Waals surface area contributed by atoms with Crippen LogP contribution in [0, 0.1) is 5.92 Å². The number of unbranched alkanes of at least 4 members (excludes halogenated alkanes) is 8. The van der Waals surface area contributed by atoms with Gasteiger partial charge in [-0.1, -0.05) is 83.5 Å². The van der Waals surface area contributed by atoms with E-state index >= 15 is 0 Å². The maximum Gasteiger partial charge on any atom is 0.104 e. The molecule has 0 amide bonds. The molecule has 1 aliphatic heterocycles. The zero-order valence-electron chi connectivity index (χ0n) is 14.0. The molecule has 0 aromatic rings. The van der Waals surface area contributed by atoms with Crippen molar-refractivity contribution in [2.24, 2.45) is 5.92 Å². The second-order valence-electron chi connectivity index (χ2n) is 7.15. The zero-order valence-corrected chi connectivity index (χ0v) is 14.0. The molecule has 0 spiro atoms. The van der Waals surface area contributed by atoms with Crippen LogP contribution in [0.1, 0.15) is 89.9 Å². The Morgan fingerprint density at radius 3 is 1.95 bits per heavy atom. The lowest BCUT2D eigenvalue weighted by molar-refractivity contribution is 0.113. The Hall–Kier alpha value is -0.0800. The molecule has 1 heterocycles. The molecule has 2 rings (SSSR count). The minimum Gasteiger partial charge on any atom is -0.379 e. The van der Waals surface area contributed by atoms with Crippen LogP contribution < -0.4 is 0 Å². The summed E-state index contributed by atoms with van der Waals surface area (Å²) < 4.78 is 10.7. The molecule has 124 valence electrons. The molecular formula is C19H36O2. The van der Waals surface area contributed by atoms with E-state index in [2.05, 4.69) is 0 Å². The summed E-state index contributed by atoms with van der Waals surface area (Å²) in [5.41, 5.74) is 0. The Labute approximate surface area is 132 Å². The van der Waals surface area contributed by atoms with E-state index in [0.29, 0.717) is 6.10 Å². The maximum absolute atomic E-state index is 5.55. The summed E-state index contributed by atoms with van der Waals surface area (Å²) in [7, 11) is 0. The standard InChI is InChI=1S/C19H36O2/c1(2-4-6-8-12-18-13-9-10-14-18)3-5-7-11-15-20-16-19-17-21-19/h18-19H,1-17H2. The van der Waals surface area contributed by atoms with E-state index in [1.807, 2.05) is 0 Å². The van der Waals surface area contributed by atoms with Gasteiger partial charge >= 0.3 is 0 Å². The highest BCUT2D eigenvalue weighted by Crippen LogP contribution is 2.29. The van der Waals surface area contributed by atoms with Crippen LogP contribution in [0.2, 0.25) is 0 Å². The summed E-state index contributed by atoms with van der Waals surface area (Å²) in [5.74, 6) is 1.10. The quantitative estimate of drug-likeness (QED) is 0.312. The van der Waals surface area contributed by atoms with E-state index in [4.69, 9.17) is 9.47 Å². The first-order chi connectivity index (χ1) is 10.4. The van der Waals surface area contributed by atoms with Gasteiger partial charge in [-0.15, -0.1) is 0 Å². The van der Waals surface area contributed by atoms with Crippen molar-refractivity contribution in [2.75, 3.05) is 19.8 Å². The van der Waals surface area contributed by atoms with Crippen LogP contribution in [0.4, 0.5) is 0 Å². The lowest BCUT2D eigenvalue weighted by atomic mass is 9.99. The van der Waals surface area contributed by atoms with Crippen LogP contribution in [0.3, 0.4) is 0 Å². The lowest BCUT2D eigenvalue weighted by Gasteiger charge is -2.08. The first kappa shape index (κ1) is 17.3. The number of ether oxygens (including phenoxy) is 2. The Morgan fingerprint density at radius 2 is 1.33 bits per heavy atom. The molecule has 0 N–H and O–H groups in total. The number of hydrogen-bond acceptors (Lipinski definition) is 2. The monoisotopic (exact) mass is 296 g/mol. The first-order valence-electron chi connectivity index (χ1n) is 9.64. The van der Waals surface area contributed by atoms with Crippen molar-refractivity contribution < 1.29 is 9.47 Å². The van der Waals surface area contributed by atoms with Crippen LogP contribution in [0.5, 0.6) is 0 Å². The fraction of sp³-hybridized carbons (Fsp3) is 1.00. The summed E-state index contributed by atoms with van der Waals surface area (Å²) >= 11 is 0. The van der Waals surface area contributed by atoms with Gasteiger partial charge in [-0.25, -0.2) is 0 Å². The van der Waals surface area contributed by atoms with Crippen molar-refractivity contribution in [3.05, 3.63) is 0 Å². The molecular weight excluding hydrogens is 260 g/mol. The molecule has 0 radical (unpaired) electrons. The molecule has 0 aromatic heterocycles. The molecule has 2 fully saturated rings. The van der Waals surface area contributed by atoms with E-state index in [0.717, 1.165) is 25.7 Å². The Bertz CT molecular complexity index is 232. The summed E-state index contributed by atoms with van der Waals surface area (Å²) in [6.45, 7) is 2.67. The average molecular weight is 296 g/mol. The van der Waals surface area contributed by atoms with Gasteiger partial charge in [0.25, 0.3) is 0 Å². The van der Waals surface area contributed by atoms with Gasteiger partial charge < -0.3 is 9.47 Å². The van der Waals surface area contributed by atoms with E-state index < -0.39 is 0 Å². The van der Waals surface area contributed by atoms with Crippen LogP contribution in [0.25, 0.3) is 0 Å². The normalized spacial score (nSPS) is 22.0. The van der Waals surface area contributed by atoms with Gasteiger partial charge in [-0.2, -0.15) is 0 Å². The van der Waals surface area contributed by atoms with Crippen molar-refractivity contribution in [3.8, 4) is 0 Å². The van der Waals surface area contributed by atoms with Crippen LogP contribution in [-0.2, 0) is 9.47 Å². The summed E-state index contributed by atoms with van der Waals surface area (Å²) in [4.78, 5) is 0. The fourth-order valence-corrected chi connectivity index (χ4v) is 3.55. The number of rotatable bonds is 14. The topological polar surface area (TPSA) is 21.8 Å². The van der Waals surface area contributed by atoms with Crippen molar-refractivity contribution >= 4 is 0 Å². The summed E-state index contributed by atoms with van der Waals surface area (Å²) in [6.07, 6.45) is 20.7. The second kappa shape index (κ2) is 11.5. The molecule has 21 heavy (non-hydrogen) atoms. The molecule has 1 atom stereocenters. The molecule has 1 unspecified atom stereocenters. The molecule has 0 bridgehead atoms. The van der Waals surface area contributed by atoms with Gasteiger partial charge in [0.15, 0.2) is 0 Å². The molecule has 2 heteroatoms. The lowest BCUT2D eigenvalue weighted by Crippen LogP contribution is -2.02. The minimum absolute atomic E-state index is 0.429. The minimum atomic E-state index is 0.429. The highest BCUT2D eigenvalue weighted by Gasteiger charge is 2.21. The second-order valence-corrected chi connectivity index (χ2v) is 7.15. The predicted octanol–water partition coefficient (Wildman–Crippen LogP) is 5.49. The predicted molar refractivity (Wildman–Crippen MR) is 88.7 cm³/mol. The van der Waals surface area contributed by atoms with Crippen LogP contribution in [0.15, 0.2) is 0 Å². The number of epoxide rings is 1. The fourth-order valence-electron chi connectivity index (χ4n) is 3.55. The molecule has 2 aliphatic rings. The van der Waals surface area contributed by atoms with E-state index in [1.54, 1.807) is 0 Å². The van der Waals surface area contributed by atoms with E-state index in [-0.39, 0.29) is 0 Å². The van der Waals surface area contributed by atoms with E-state index in [9.17, 15) is 0 Å². The molecule has 1 saturated heterocycles. The first-order valence-corrected chi connectivity index (χ1v) is 9.64. The van der Waals surface area contributed by atoms with E-state index in [1.165, 1.54) is 89.9 Å². The zero-order chi connectivity index (χ0) is 14.6. The molecule has 1 saturated carbocycles. The summed E-state index contributed by atoms with van der Waals surface area (Å²) in [6, 6.07) is 0. The third-order valence-electron chi connectivity index (χ3n) is 5.08. The highest BCUT2D eigenvalue weighted by molar-refractivity contribution is 4.67. The van der Waals surface area contributed by atoms with Crippen molar-refractivity contribution in [1.29, 1.82) is 0 Å². The largest absolute Gasteiger partial charge is 0.379 e.